The second-order valence-electron chi connectivity index (χ2n) is 14.4. The van der Waals surface area contributed by atoms with E-state index in [4.69, 9.17) is 0 Å². The van der Waals surface area contributed by atoms with Crippen LogP contribution in [0.4, 0.5) is 0 Å². The van der Waals surface area contributed by atoms with Gasteiger partial charge in [-0.05, 0) is 80.3 Å². The molecule has 0 aromatic heterocycles. The average Bonchev–Trinajstić information content (AvgIpc) is 2.86. The first-order valence-corrected chi connectivity index (χ1v) is 14.8. The zero-order valence-electron chi connectivity index (χ0n) is 26.2. The van der Waals surface area contributed by atoms with Gasteiger partial charge in [0.05, 0.1) is 0 Å². The molecule has 0 fully saturated rings. The Morgan fingerprint density at radius 3 is 1.00 bits per heavy atom. The Hall–Kier alpha value is -3.92. The lowest BCUT2D eigenvalue weighted by Crippen LogP contribution is -2.14. The lowest BCUT2D eigenvalue weighted by molar-refractivity contribution is 0.435. The van der Waals surface area contributed by atoms with Crippen LogP contribution in [0, 0.1) is 13.8 Å². The summed E-state index contributed by atoms with van der Waals surface area (Å²) in [5.41, 5.74) is 9.75. The topological polar surface area (TPSA) is 80.9 Å². The third-order valence-electron chi connectivity index (χ3n) is 8.49. The standard InChI is InChI=1S/C38H44O4/c1-21-9-25-13-23-15-29(35(41)31(17-23)37(3,4)5)20-30-16-24(18-32(36(30)42)38(6,7)8)14-26-10-22(2)12-28(34(26)40)19-27(11-21)33(25)39/h9-12,15-18,39-42H,13-14,19-20H2,1-8H3. The molecule has 0 saturated carbocycles. The monoisotopic (exact) mass is 564 g/mol. The SMILES string of the molecule is Cc1cc2c(O)c(c1)Cc1cc(C)cc(c1O)Cc1cc(c(O)c(C(C)(C)C)c1)Cc1cc(cc(C(C)(C)C)c1O)C2. The van der Waals surface area contributed by atoms with Gasteiger partial charge >= 0.3 is 0 Å². The maximum absolute atomic E-state index is 11.6. The molecule has 5 rings (SSSR count). The first kappa shape index (κ1) is 29.6. The highest BCUT2D eigenvalue weighted by Crippen LogP contribution is 2.42. The van der Waals surface area contributed by atoms with E-state index in [2.05, 4.69) is 41.5 Å². The van der Waals surface area contributed by atoms with Gasteiger partial charge in [-0.25, -0.2) is 0 Å². The van der Waals surface area contributed by atoms with Gasteiger partial charge < -0.3 is 20.4 Å². The molecule has 4 heteroatoms. The van der Waals surface area contributed by atoms with Crippen molar-refractivity contribution in [3.8, 4) is 23.0 Å². The summed E-state index contributed by atoms with van der Waals surface area (Å²) in [4.78, 5) is 0. The summed E-state index contributed by atoms with van der Waals surface area (Å²) >= 11 is 0. The zero-order chi connectivity index (χ0) is 30.7. The molecule has 42 heavy (non-hydrogen) atoms. The molecule has 0 unspecified atom stereocenters. The Labute approximate surface area is 250 Å². The molecule has 0 saturated heterocycles. The van der Waals surface area contributed by atoms with Gasteiger partial charge in [0, 0.05) is 25.7 Å². The van der Waals surface area contributed by atoms with Gasteiger partial charge in [-0.2, -0.15) is 0 Å². The van der Waals surface area contributed by atoms with Crippen molar-refractivity contribution in [1.29, 1.82) is 0 Å². The fourth-order valence-corrected chi connectivity index (χ4v) is 6.40. The number of benzene rings is 4. The highest BCUT2D eigenvalue weighted by Gasteiger charge is 2.26. The maximum atomic E-state index is 11.6. The summed E-state index contributed by atoms with van der Waals surface area (Å²) < 4.78 is 0. The number of phenols is 4. The minimum Gasteiger partial charge on any atom is -0.507 e. The minimum atomic E-state index is -0.311. The van der Waals surface area contributed by atoms with E-state index in [1.165, 1.54) is 0 Å². The van der Waals surface area contributed by atoms with Crippen LogP contribution in [0.1, 0.15) is 108 Å². The van der Waals surface area contributed by atoms with Crippen molar-refractivity contribution in [2.45, 2.75) is 91.9 Å². The third-order valence-corrected chi connectivity index (χ3v) is 8.49. The smallest absolute Gasteiger partial charge is 0.122 e. The van der Waals surface area contributed by atoms with Gasteiger partial charge in [-0.3, -0.25) is 0 Å². The number of rotatable bonds is 0. The predicted octanol–water partition coefficient (Wildman–Crippen LogP) is 8.40. The first-order valence-electron chi connectivity index (χ1n) is 14.8. The van der Waals surface area contributed by atoms with Crippen molar-refractivity contribution >= 4 is 0 Å². The second kappa shape index (κ2) is 10.4. The molecular formula is C38H44O4. The normalized spacial score (nSPS) is 13.7. The van der Waals surface area contributed by atoms with Crippen molar-refractivity contribution < 1.29 is 20.4 Å². The van der Waals surface area contributed by atoms with Crippen LogP contribution in [0.15, 0.2) is 48.5 Å². The van der Waals surface area contributed by atoms with Crippen molar-refractivity contribution in [3.63, 3.8) is 0 Å². The van der Waals surface area contributed by atoms with E-state index in [1.54, 1.807) is 0 Å². The molecule has 0 aliphatic heterocycles. The molecule has 0 spiro atoms. The summed E-state index contributed by atoms with van der Waals surface area (Å²) in [6.07, 6.45) is 1.73. The fraction of sp³-hybridized carbons (Fsp3) is 0.368. The Bertz CT molecular complexity index is 1570. The summed E-state index contributed by atoms with van der Waals surface area (Å²) in [6, 6.07) is 16.1. The predicted molar refractivity (Wildman–Crippen MR) is 171 cm³/mol. The Kier molecular flexibility index (Phi) is 7.33. The number of aryl methyl sites for hydroxylation is 2. The average molecular weight is 565 g/mol. The molecular weight excluding hydrogens is 520 g/mol. The van der Waals surface area contributed by atoms with Crippen LogP contribution in [0.5, 0.6) is 23.0 Å². The van der Waals surface area contributed by atoms with Crippen LogP contribution in [0.2, 0.25) is 0 Å². The lowest BCUT2D eigenvalue weighted by atomic mass is 9.80. The Balaban J connectivity index is 1.82. The van der Waals surface area contributed by atoms with E-state index in [1.807, 2.05) is 62.4 Å². The van der Waals surface area contributed by atoms with Crippen molar-refractivity contribution in [2.24, 2.45) is 0 Å². The highest BCUT2D eigenvalue weighted by atomic mass is 16.3. The molecule has 4 nitrogen and oxygen atoms in total. The molecule has 1 aliphatic carbocycles. The van der Waals surface area contributed by atoms with Crippen molar-refractivity contribution in [1.82, 2.24) is 0 Å². The molecule has 4 aromatic carbocycles. The van der Waals surface area contributed by atoms with Crippen LogP contribution in [0.25, 0.3) is 0 Å². The van der Waals surface area contributed by atoms with Crippen LogP contribution in [0.3, 0.4) is 0 Å². The molecule has 4 N–H and O–H groups in total. The van der Waals surface area contributed by atoms with E-state index >= 15 is 0 Å². The minimum absolute atomic E-state index is 0.236. The molecule has 4 aromatic rings. The van der Waals surface area contributed by atoms with E-state index in [0.717, 1.165) is 66.8 Å². The molecule has 0 atom stereocenters. The third kappa shape index (κ3) is 5.72. The first-order chi connectivity index (χ1) is 19.5. The van der Waals surface area contributed by atoms with Crippen LogP contribution in [-0.4, -0.2) is 20.4 Å². The molecule has 0 radical (unpaired) electrons. The van der Waals surface area contributed by atoms with E-state index in [9.17, 15) is 20.4 Å². The number of aromatic hydroxyl groups is 4. The number of hydrogen-bond acceptors (Lipinski definition) is 4. The zero-order valence-corrected chi connectivity index (χ0v) is 26.2. The summed E-state index contributed by atoms with van der Waals surface area (Å²) in [6.45, 7) is 16.6. The van der Waals surface area contributed by atoms with Crippen LogP contribution >= 0.6 is 0 Å². The number of hydrogen-bond donors (Lipinski definition) is 4. The van der Waals surface area contributed by atoms with E-state index < -0.39 is 0 Å². The Morgan fingerprint density at radius 1 is 0.405 bits per heavy atom. The van der Waals surface area contributed by atoms with Gasteiger partial charge in [-0.15, -0.1) is 0 Å². The van der Waals surface area contributed by atoms with E-state index in [0.29, 0.717) is 25.7 Å². The van der Waals surface area contributed by atoms with Gasteiger partial charge in [-0.1, -0.05) is 101 Å². The van der Waals surface area contributed by atoms with E-state index in [-0.39, 0.29) is 33.8 Å². The molecule has 0 heterocycles. The largest absolute Gasteiger partial charge is 0.507 e. The van der Waals surface area contributed by atoms with Gasteiger partial charge in [0.2, 0.25) is 0 Å². The highest BCUT2D eigenvalue weighted by molar-refractivity contribution is 5.57. The fourth-order valence-electron chi connectivity index (χ4n) is 6.40. The summed E-state index contributed by atoms with van der Waals surface area (Å²) in [7, 11) is 0. The van der Waals surface area contributed by atoms with Crippen molar-refractivity contribution in [3.05, 3.63) is 115 Å². The summed E-state index contributed by atoms with van der Waals surface area (Å²) in [5.74, 6) is 0.953. The second-order valence-corrected chi connectivity index (χ2v) is 14.4. The van der Waals surface area contributed by atoms with Crippen LogP contribution < -0.4 is 0 Å². The number of fused-ring (bicyclic) bond motifs is 8. The van der Waals surface area contributed by atoms with Crippen LogP contribution in [-0.2, 0) is 36.5 Å². The lowest BCUT2D eigenvalue weighted by Gasteiger charge is -2.26. The Morgan fingerprint density at radius 2 is 0.690 bits per heavy atom. The molecule has 1 aliphatic rings. The van der Waals surface area contributed by atoms with Gasteiger partial charge in [0.1, 0.15) is 23.0 Å². The maximum Gasteiger partial charge on any atom is 0.122 e. The molecule has 8 bridgehead atoms. The molecule has 220 valence electrons. The van der Waals surface area contributed by atoms with Gasteiger partial charge in [0.25, 0.3) is 0 Å². The van der Waals surface area contributed by atoms with Gasteiger partial charge in [0.15, 0.2) is 0 Å². The number of phenolic OH excluding ortho intramolecular Hbond substituents is 4. The molecule has 0 amide bonds. The van der Waals surface area contributed by atoms with Crippen molar-refractivity contribution in [2.75, 3.05) is 0 Å². The quantitative estimate of drug-likeness (QED) is 0.152. The summed E-state index contributed by atoms with van der Waals surface area (Å²) in [5, 5.41) is 46.1.